The van der Waals surface area contributed by atoms with Gasteiger partial charge in [-0.2, -0.15) is 0 Å². The minimum atomic E-state index is 1.15. The first-order chi connectivity index (χ1) is 4.43. The summed E-state index contributed by atoms with van der Waals surface area (Å²) in [4.78, 5) is 4.76. The quantitative estimate of drug-likeness (QED) is 0.569. The first kappa shape index (κ1) is 6.62. The molecule has 0 heterocycles. The van der Waals surface area contributed by atoms with Crippen LogP contribution in [0.25, 0.3) is 0 Å². The molecule has 2 nitrogen and oxygen atoms in total. The molecule has 1 aliphatic carbocycles. The Morgan fingerprint density at radius 3 is 3.00 bits per heavy atom. The van der Waals surface area contributed by atoms with E-state index in [4.69, 9.17) is 4.84 Å². The maximum Gasteiger partial charge on any atom is 0.0636 e. The van der Waals surface area contributed by atoms with Gasteiger partial charge in [0.2, 0.25) is 0 Å². The summed E-state index contributed by atoms with van der Waals surface area (Å²) < 4.78 is 0. The summed E-state index contributed by atoms with van der Waals surface area (Å²) in [5.41, 5.74) is 4.09. The summed E-state index contributed by atoms with van der Waals surface area (Å²) in [5, 5.41) is 0. The maximum atomic E-state index is 4.76. The topological polar surface area (TPSA) is 21.3 Å². The fraction of sp³-hybridized carbons (Fsp3) is 0.714. The first-order valence-electron chi connectivity index (χ1n) is 3.41. The smallest absolute Gasteiger partial charge is 0.0636 e. The van der Waals surface area contributed by atoms with Crippen LogP contribution in [-0.4, -0.2) is 7.11 Å². The lowest BCUT2D eigenvalue weighted by molar-refractivity contribution is 0.113. The second-order valence-corrected chi connectivity index (χ2v) is 2.28. The predicted octanol–water partition coefficient (Wildman–Crippen LogP) is 1.60. The summed E-state index contributed by atoms with van der Waals surface area (Å²) in [6.45, 7) is 0. The molecule has 0 fully saturated rings. The molecule has 0 saturated heterocycles. The van der Waals surface area contributed by atoms with E-state index in [0.29, 0.717) is 0 Å². The van der Waals surface area contributed by atoms with E-state index in [1.807, 2.05) is 0 Å². The molecule has 0 aliphatic heterocycles. The molecule has 0 bridgehead atoms. The van der Waals surface area contributed by atoms with Crippen LogP contribution in [0, 0.1) is 0 Å². The molecule has 1 aliphatic rings. The van der Waals surface area contributed by atoms with Crippen LogP contribution in [0.15, 0.2) is 11.8 Å². The molecule has 0 atom stereocenters. The second kappa shape index (κ2) is 3.51. The van der Waals surface area contributed by atoms with Crippen molar-refractivity contribution in [2.75, 3.05) is 7.11 Å². The van der Waals surface area contributed by atoms with Gasteiger partial charge in [-0.05, 0) is 25.7 Å². The predicted molar refractivity (Wildman–Crippen MR) is 36.7 cm³/mol. The number of hydroxylamine groups is 1. The van der Waals surface area contributed by atoms with E-state index in [1.165, 1.54) is 25.0 Å². The van der Waals surface area contributed by atoms with Crippen molar-refractivity contribution in [1.29, 1.82) is 0 Å². The van der Waals surface area contributed by atoms with Gasteiger partial charge < -0.3 is 0 Å². The van der Waals surface area contributed by atoms with Gasteiger partial charge in [-0.1, -0.05) is 6.08 Å². The third-order valence-electron chi connectivity index (χ3n) is 1.52. The standard InChI is InChI=1S/C7H13NO/c1-9-8-7-5-3-2-4-6-7/h5,8H,2-4,6H2,1H3. The summed E-state index contributed by atoms with van der Waals surface area (Å²) in [5.74, 6) is 0. The molecule has 0 amide bonds. The number of hydrogen-bond donors (Lipinski definition) is 1. The molecule has 0 unspecified atom stereocenters. The number of hydrogen-bond acceptors (Lipinski definition) is 2. The number of allylic oxidation sites excluding steroid dienone is 2. The molecule has 0 saturated carbocycles. The lowest BCUT2D eigenvalue weighted by Crippen LogP contribution is -2.12. The van der Waals surface area contributed by atoms with Crippen LogP contribution in [0.2, 0.25) is 0 Å². The van der Waals surface area contributed by atoms with Gasteiger partial charge in [0.25, 0.3) is 0 Å². The van der Waals surface area contributed by atoms with Crippen molar-refractivity contribution in [3.05, 3.63) is 11.8 Å². The van der Waals surface area contributed by atoms with Crippen molar-refractivity contribution in [2.24, 2.45) is 0 Å². The van der Waals surface area contributed by atoms with Gasteiger partial charge >= 0.3 is 0 Å². The van der Waals surface area contributed by atoms with E-state index in [-0.39, 0.29) is 0 Å². The molecule has 1 rings (SSSR count). The molecular formula is C7H13NO. The second-order valence-electron chi connectivity index (χ2n) is 2.28. The van der Waals surface area contributed by atoms with Crippen LogP contribution in [0.4, 0.5) is 0 Å². The van der Waals surface area contributed by atoms with Crippen molar-refractivity contribution in [3.63, 3.8) is 0 Å². The number of rotatable bonds is 2. The number of nitrogens with one attached hydrogen (secondary N) is 1. The molecule has 0 aromatic rings. The molecule has 0 radical (unpaired) electrons. The van der Waals surface area contributed by atoms with E-state index >= 15 is 0 Å². The molecule has 1 N–H and O–H groups in total. The molecule has 0 aromatic carbocycles. The highest BCUT2D eigenvalue weighted by atomic mass is 16.6. The summed E-state index contributed by atoms with van der Waals surface area (Å²) in [7, 11) is 1.65. The summed E-state index contributed by atoms with van der Waals surface area (Å²) in [6, 6.07) is 0. The molecule has 9 heavy (non-hydrogen) atoms. The fourth-order valence-electron chi connectivity index (χ4n) is 1.06. The summed E-state index contributed by atoms with van der Waals surface area (Å²) in [6.07, 6.45) is 7.17. The Kier molecular flexibility index (Phi) is 2.58. The molecule has 0 spiro atoms. The monoisotopic (exact) mass is 127 g/mol. The Labute approximate surface area is 55.9 Å². The van der Waals surface area contributed by atoms with Crippen LogP contribution >= 0.6 is 0 Å². The van der Waals surface area contributed by atoms with Gasteiger partial charge in [0.05, 0.1) is 7.11 Å². The van der Waals surface area contributed by atoms with Gasteiger partial charge in [-0.15, -0.1) is 0 Å². The van der Waals surface area contributed by atoms with Crippen molar-refractivity contribution >= 4 is 0 Å². The Hall–Kier alpha value is -0.500. The van der Waals surface area contributed by atoms with E-state index in [9.17, 15) is 0 Å². The lowest BCUT2D eigenvalue weighted by Gasteiger charge is -2.12. The van der Waals surface area contributed by atoms with Crippen molar-refractivity contribution in [3.8, 4) is 0 Å². The van der Waals surface area contributed by atoms with Gasteiger partial charge in [0.15, 0.2) is 0 Å². The highest BCUT2D eigenvalue weighted by molar-refractivity contribution is 5.00. The molecule has 52 valence electrons. The Balaban J connectivity index is 2.28. The maximum absolute atomic E-state index is 4.76. The van der Waals surface area contributed by atoms with Crippen molar-refractivity contribution in [2.45, 2.75) is 25.7 Å². The highest BCUT2D eigenvalue weighted by Crippen LogP contribution is 2.14. The third kappa shape index (κ3) is 2.06. The molecular weight excluding hydrogens is 114 g/mol. The Morgan fingerprint density at radius 1 is 1.56 bits per heavy atom. The van der Waals surface area contributed by atoms with Crippen LogP contribution < -0.4 is 5.48 Å². The van der Waals surface area contributed by atoms with Crippen molar-refractivity contribution < 1.29 is 4.84 Å². The van der Waals surface area contributed by atoms with E-state index < -0.39 is 0 Å². The van der Waals surface area contributed by atoms with Gasteiger partial charge in [-0.3, -0.25) is 10.3 Å². The molecule has 0 aromatic heterocycles. The molecule has 2 heteroatoms. The van der Waals surface area contributed by atoms with Gasteiger partial charge in [0, 0.05) is 5.70 Å². The van der Waals surface area contributed by atoms with Crippen LogP contribution in [0.3, 0.4) is 0 Å². The van der Waals surface area contributed by atoms with Crippen molar-refractivity contribution in [1.82, 2.24) is 5.48 Å². The minimum Gasteiger partial charge on any atom is -0.280 e. The summed E-state index contributed by atoms with van der Waals surface area (Å²) >= 11 is 0. The zero-order chi connectivity index (χ0) is 6.53. The zero-order valence-electron chi connectivity index (χ0n) is 5.81. The SMILES string of the molecule is CONC1=CCCCC1. The minimum absolute atomic E-state index is 1.15. The van der Waals surface area contributed by atoms with E-state index in [0.717, 1.165) is 6.42 Å². The Bertz CT molecular complexity index is 109. The van der Waals surface area contributed by atoms with Gasteiger partial charge in [0.1, 0.15) is 0 Å². The first-order valence-corrected chi connectivity index (χ1v) is 3.41. The fourth-order valence-corrected chi connectivity index (χ4v) is 1.06. The average Bonchev–Trinajstić information content (AvgIpc) is 1.91. The highest BCUT2D eigenvalue weighted by Gasteiger charge is 2.00. The third-order valence-corrected chi connectivity index (χ3v) is 1.52. The van der Waals surface area contributed by atoms with Crippen LogP contribution in [0.1, 0.15) is 25.7 Å². The van der Waals surface area contributed by atoms with Crippen LogP contribution in [-0.2, 0) is 4.84 Å². The van der Waals surface area contributed by atoms with E-state index in [1.54, 1.807) is 7.11 Å². The van der Waals surface area contributed by atoms with Crippen LogP contribution in [0.5, 0.6) is 0 Å². The largest absolute Gasteiger partial charge is 0.280 e. The normalized spacial score (nSPS) is 19.0. The van der Waals surface area contributed by atoms with Gasteiger partial charge in [-0.25, -0.2) is 0 Å². The zero-order valence-corrected chi connectivity index (χ0v) is 5.81. The lowest BCUT2D eigenvalue weighted by atomic mass is 10.1. The Morgan fingerprint density at radius 2 is 2.44 bits per heavy atom. The van der Waals surface area contributed by atoms with E-state index in [2.05, 4.69) is 11.6 Å². The average molecular weight is 127 g/mol.